The van der Waals surface area contributed by atoms with E-state index in [9.17, 15) is 4.79 Å². The molecule has 1 saturated heterocycles. The highest BCUT2D eigenvalue weighted by atomic mass is 16.5. The molecule has 0 atom stereocenters. The van der Waals surface area contributed by atoms with Crippen LogP contribution in [-0.2, 0) is 11.3 Å². The zero-order valence-corrected chi connectivity index (χ0v) is 14.3. The Labute approximate surface area is 146 Å². The Morgan fingerprint density at radius 1 is 1.08 bits per heavy atom. The quantitative estimate of drug-likeness (QED) is 0.729. The van der Waals surface area contributed by atoms with Gasteiger partial charge in [-0.05, 0) is 44.0 Å². The van der Waals surface area contributed by atoms with E-state index in [4.69, 9.17) is 4.74 Å². The third-order valence-corrected chi connectivity index (χ3v) is 4.61. The summed E-state index contributed by atoms with van der Waals surface area (Å²) in [4.78, 5) is 18.7. The third kappa shape index (κ3) is 3.36. The molecule has 4 rings (SSSR count). The number of imidazole rings is 1. The molecule has 5 heteroatoms. The number of ether oxygens (including phenoxy) is 1. The molecule has 1 amide bonds. The van der Waals surface area contributed by atoms with Crippen LogP contribution in [-0.4, -0.2) is 33.4 Å². The van der Waals surface area contributed by atoms with Crippen LogP contribution in [0.3, 0.4) is 0 Å². The number of rotatable bonds is 4. The SMILES string of the molecule is Cc1ccc(Oc2ccc3c(c2)ncn3CC(=O)N2CCCC2)cc1. The second-order valence-electron chi connectivity index (χ2n) is 6.53. The summed E-state index contributed by atoms with van der Waals surface area (Å²) in [7, 11) is 0. The lowest BCUT2D eigenvalue weighted by atomic mass is 10.2. The molecule has 3 aromatic rings. The number of likely N-dealkylation sites (tertiary alicyclic amines) is 1. The Balaban J connectivity index is 1.52. The number of hydrogen-bond acceptors (Lipinski definition) is 3. The lowest BCUT2D eigenvalue weighted by Gasteiger charge is -2.15. The summed E-state index contributed by atoms with van der Waals surface area (Å²) in [5.41, 5.74) is 2.98. The minimum atomic E-state index is 0.164. The number of carbonyl (C=O) groups is 1. The number of hydrogen-bond donors (Lipinski definition) is 0. The van der Waals surface area contributed by atoms with Crippen LogP contribution >= 0.6 is 0 Å². The van der Waals surface area contributed by atoms with Gasteiger partial charge in [-0.25, -0.2) is 4.98 Å². The van der Waals surface area contributed by atoms with Crippen molar-refractivity contribution in [2.45, 2.75) is 26.3 Å². The van der Waals surface area contributed by atoms with E-state index >= 15 is 0 Å². The summed E-state index contributed by atoms with van der Waals surface area (Å²) < 4.78 is 7.80. The van der Waals surface area contributed by atoms with E-state index in [2.05, 4.69) is 4.98 Å². The Hall–Kier alpha value is -2.82. The van der Waals surface area contributed by atoms with Gasteiger partial charge in [0.1, 0.15) is 18.0 Å². The summed E-state index contributed by atoms with van der Waals surface area (Å²) in [5, 5.41) is 0. The molecule has 2 aromatic carbocycles. The molecule has 0 spiro atoms. The van der Waals surface area contributed by atoms with Crippen LogP contribution in [0.4, 0.5) is 0 Å². The molecule has 0 bridgehead atoms. The number of carbonyl (C=O) groups excluding carboxylic acids is 1. The summed E-state index contributed by atoms with van der Waals surface area (Å²) >= 11 is 0. The van der Waals surface area contributed by atoms with Crippen molar-refractivity contribution in [2.75, 3.05) is 13.1 Å². The maximum absolute atomic E-state index is 12.3. The predicted molar refractivity (Wildman–Crippen MR) is 96.8 cm³/mol. The van der Waals surface area contributed by atoms with Gasteiger partial charge in [0.2, 0.25) is 5.91 Å². The maximum atomic E-state index is 12.3. The van der Waals surface area contributed by atoms with Crippen molar-refractivity contribution in [1.29, 1.82) is 0 Å². The molecule has 1 aromatic heterocycles. The van der Waals surface area contributed by atoms with E-state index in [1.54, 1.807) is 6.33 Å². The summed E-state index contributed by atoms with van der Waals surface area (Å²) in [5.74, 6) is 1.71. The molecule has 0 N–H and O–H groups in total. The second kappa shape index (κ2) is 6.59. The van der Waals surface area contributed by atoms with E-state index in [1.807, 2.05) is 58.9 Å². The average Bonchev–Trinajstić information content (AvgIpc) is 3.27. The van der Waals surface area contributed by atoms with Crippen LogP contribution in [0, 0.1) is 6.92 Å². The Morgan fingerprint density at radius 3 is 2.56 bits per heavy atom. The number of amides is 1. The first-order valence-electron chi connectivity index (χ1n) is 8.66. The normalized spacial score (nSPS) is 14.2. The van der Waals surface area contributed by atoms with Gasteiger partial charge in [-0.15, -0.1) is 0 Å². The second-order valence-corrected chi connectivity index (χ2v) is 6.53. The number of aryl methyl sites for hydroxylation is 1. The van der Waals surface area contributed by atoms with Crippen LogP contribution < -0.4 is 4.74 Å². The standard InChI is InChI=1S/C20H21N3O2/c1-15-4-6-16(7-5-15)25-17-8-9-19-18(12-17)21-14-23(19)13-20(24)22-10-2-3-11-22/h4-9,12,14H,2-3,10-11,13H2,1H3. The van der Waals surface area contributed by atoms with Crippen molar-refractivity contribution in [3.05, 3.63) is 54.4 Å². The van der Waals surface area contributed by atoms with E-state index in [1.165, 1.54) is 5.56 Å². The van der Waals surface area contributed by atoms with Crippen molar-refractivity contribution in [2.24, 2.45) is 0 Å². The molecule has 1 aliphatic heterocycles. The highest BCUT2D eigenvalue weighted by Crippen LogP contribution is 2.25. The maximum Gasteiger partial charge on any atom is 0.242 e. The fourth-order valence-electron chi connectivity index (χ4n) is 3.19. The topological polar surface area (TPSA) is 47.4 Å². The molecule has 0 radical (unpaired) electrons. The Bertz CT molecular complexity index is 893. The molecule has 0 unspecified atom stereocenters. The van der Waals surface area contributed by atoms with Crippen molar-refractivity contribution in [1.82, 2.24) is 14.5 Å². The lowest BCUT2D eigenvalue weighted by Crippen LogP contribution is -2.30. The molecule has 0 aliphatic carbocycles. The van der Waals surface area contributed by atoms with Gasteiger partial charge in [0.15, 0.2) is 0 Å². The smallest absolute Gasteiger partial charge is 0.242 e. The van der Waals surface area contributed by atoms with Crippen LogP contribution in [0.1, 0.15) is 18.4 Å². The van der Waals surface area contributed by atoms with Crippen LogP contribution in [0.15, 0.2) is 48.8 Å². The van der Waals surface area contributed by atoms with Crippen molar-refractivity contribution < 1.29 is 9.53 Å². The highest BCUT2D eigenvalue weighted by Gasteiger charge is 2.18. The zero-order chi connectivity index (χ0) is 17.2. The Kier molecular flexibility index (Phi) is 4.14. The molecule has 0 saturated carbocycles. The Morgan fingerprint density at radius 2 is 1.80 bits per heavy atom. The van der Waals surface area contributed by atoms with Crippen molar-refractivity contribution in [3.8, 4) is 11.5 Å². The molecular formula is C20H21N3O2. The fourth-order valence-corrected chi connectivity index (χ4v) is 3.19. The number of aromatic nitrogens is 2. The highest BCUT2D eigenvalue weighted by molar-refractivity contribution is 5.81. The average molecular weight is 335 g/mol. The van der Waals surface area contributed by atoms with Crippen LogP contribution in [0.5, 0.6) is 11.5 Å². The third-order valence-electron chi connectivity index (χ3n) is 4.61. The van der Waals surface area contributed by atoms with E-state index in [0.29, 0.717) is 6.54 Å². The van der Waals surface area contributed by atoms with Crippen LogP contribution in [0.25, 0.3) is 11.0 Å². The fraction of sp³-hybridized carbons (Fsp3) is 0.300. The molecule has 1 fully saturated rings. The van der Waals surface area contributed by atoms with Gasteiger partial charge in [0.05, 0.1) is 17.4 Å². The van der Waals surface area contributed by atoms with Gasteiger partial charge >= 0.3 is 0 Å². The first kappa shape index (κ1) is 15.7. The number of nitrogens with zero attached hydrogens (tertiary/aromatic N) is 3. The largest absolute Gasteiger partial charge is 0.457 e. The van der Waals surface area contributed by atoms with E-state index in [0.717, 1.165) is 48.5 Å². The summed E-state index contributed by atoms with van der Waals surface area (Å²) in [6.45, 7) is 4.14. The van der Waals surface area contributed by atoms with Gasteiger partial charge in [-0.3, -0.25) is 4.79 Å². The van der Waals surface area contributed by atoms with Crippen LogP contribution in [0.2, 0.25) is 0 Å². The molecule has 5 nitrogen and oxygen atoms in total. The molecule has 25 heavy (non-hydrogen) atoms. The lowest BCUT2D eigenvalue weighted by molar-refractivity contribution is -0.130. The first-order chi connectivity index (χ1) is 12.2. The number of fused-ring (bicyclic) bond motifs is 1. The van der Waals surface area contributed by atoms with Gasteiger partial charge in [0.25, 0.3) is 0 Å². The minimum absolute atomic E-state index is 0.164. The zero-order valence-electron chi connectivity index (χ0n) is 14.3. The van der Waals surface area contributed by atoms with Crippen molar-refractivity contribution in [3.63, 3.8) is 0 Å². The van der Waals surface area contributed by atoms with Gasteiger partial charge in [-0.1, -0.05) is 17.7 Å². The van der Waals surface area contributed by atoms with E-state index in [-0.39, 0.29) is 5.91 Å². The van der Waals surface area contributed by atoms with E-state index < -0.39 is 0 Å². The minimum Gasteiger partial charge on any atom is -0.457 e. The molecule has 1 aliphatic rings. The molecular weight excluding hydrogens is 314 g/mol. The summed E-state index contributed by atoms with van der Waals surface area (Å²) in [6, 6.07) is 13.7. The summed E-state index contributed by atoms with van der Waals surface area (Å²) in [6.07, 6.45) is 3.94. The number of benzene rings is 2. The van der Waals surface area contributed by atoms with Crippen molar-refractivity contribution >= 4 is 16.9 Å². The van der Waals surface area contributed by atoms with Gasteiger partial charge in [-0.2, -0.15) is 0 Å². The first-order valence-corrected chi connectivity index (χ1v) is 8.66. The predicted octanol–water partition coefficient (Wildman–Crippen LogP) is 3.76. The van der Waals surface area contributed by atoms with Gasteiger partial charge in [0, 0.05) is 19.2 Å². The monoisotopic (exact) mass is 335 g/mol. The molecule has 128 valence electrons. The van der Waals surface area contributed by atoms with Gasteiger partial charge < -0.3 is 14.2 Å². The molecule has 2 heterocycles.